The maximum atomic E-state index is 12.1. The minimum atomic E-state index is -0.806. The zero-order valence-corrected chi connectivity index (χ0v) is 16.3. The van der Waals surface area contributed by atoms with E-state index in [1.54, 1.807) is 19.1 Å². The molecule has 0 bridgehead atoms. The van der Waals surface area contributed by atoms with Crippen molar-refractivity contribution in [3.05, 3.63) is 40.2 Å². The van der Waals surface area contributed by atoms with Crippen molar-refractivity contribution in [3.8, 4) is 5.75 Å². The van der Waals surface area contributed by atoms with Gasteiger partial charge in [-0.1, -0.05) is 19.8 Å². The van der Waals surface area contributed by atoms with Gasteiger partial charge < -0.3 is 19.6 Å². The first-order valence-electron chi connectivity index (χ1n) is 9.63. The Morgan fingerprint density at radius 2 is 2.00 bits per heavy atom. The van der Waals surface area contributed by atoms with Gasteiger partial charge in [0.25, 0.3) is 5.91 Å². The van der Waals surface area contributed by atoms with Crippen LogP contribution in [0.25, 0.3) is 11.0 Å². The van der Waals surface area contributed by atoms with Gasteiger partial charge >= 0.3 is 11.6 Å². The third-order valence-electron chi connectivity index (χ3n) is 4.37. The van der Waals surface area contributed by atoms with Crippen LogP contribution < -0.4 is 15.7 Å². The van der Waals surface area contributed by atoms with Crippen molar-refractivity contribution in [3.63, 3.8) is 0 Å². The summed E-state index contributed by atoms with van der Waals surface area (Å²) in [5.74, 6) is -0.605. The SMILES string of the molecule is CCCc1cc(=O)oc2cc(OC(C)C(=O)NCCCCCC(=O)O)ccc12. The minimum Gasteiger partial charge on any atom is -0.481 e. The van der Waals surface area contributed by atoms with Crippen molar-refractivity contribution >= 4 is 22.8 Å². The topological polar surface area (TPSA) is 106 Å². The molecular formula is C21H27NO6. The van der Waals surface area contributed by atoms with Crippen molar-refractivity contribution < 1.29 is 23.8 Å². The highest BCUT2D eigenvalue weighted by Gasteiger charge is 2.15. The molecule has 1 aromatic carbocycles. The van der Waals surface area contributed by atoms with E-state index in [0.717, 1.165) is 30.2 Å². The van der Waals surface area contributed by atoms with Crippen LogP contribution >= 0.6 is 0 Å². The molecule has 2 aromatic rings. The van der Waals surface area contributed by atoms with Gasteiger partial charge in [0.2, 0.25) is 0 Å². The van der Waals surface area contributed by atoms with Crippen molar-refractivity contribution in [1.82, 2.24) is 5.32 Å². The first-order valence-corrected chi connectivity index (χ1v) is 9.63. The van der Waals surface area contributed by atoms with Crippen molar-refractivity contribution in [2.75, 3.05) is 6.54 Å². The molecular weight excluding hydrogens is 362 g/mol. The number of nitrogens with one attached hydrogen (secondary N) is 1. The van der Waals surface area contributed by atoms with Gasteiger partial charge in [0.1, 0.15) is 11.3 Å². The highest BCUT2D eigenvalue weighted by molar-refractivity contribution is 5.83. The summed E-state index contributed by atoms with van der Waals surface area (Å²) in [5.41, 5.74) is 0.982. The van der Waals surface area contributed by atoms with E-state index >= 15 is 0 Å². The van der Waals surface area contributed by atoms with E-state index in [9.17, 15) is 14.4 Å². The van der Waals surface area contributed by atoms with E-state index in [-0.39, 0.29) is 12.3 Å². The largest absolute Gasteiger partial charge is 0.481 e. The molecule has 7 heteroatoms. The molecule has 1 heterocycles. The van der Waals surface area contributed by atoms with Crippen LogP contribution in [0.4, 0.5) is 0 Å². The number of ether oxygens (including phenoxy) is 1. The summed E-state index contributed by atoms with van der Waals surface area (Å²) in [4.78, 5) is 34.3. The molecule has 1 amide bonds. The van der Waals surface area contributed by atoms with Crippen LogP contribution in [0.15, 0.2) is 33.5 Å². The van der Waals surface area contributed by atoms with Crippen LogP contribution in [0.5, 0.6) is 5.75 Å². The molecule has 0 aliphatic carbocycles. The number of carbonyl (C=O) groups is 2. The standard InChI is InChI=1S/C21H27NO6/c1-3-7-15-12-20(25)28-18-13-16(9-10-17(15)18)27-14(2)21(26)22-11-6-4-5-8-19(23)24/h9-10,12-14H,3-8,11H2,1-2H3,(H,22,26)(H,23,24). The van der Waals surface area contributed by atoms with Gasteiger partial charge in [0, 0.05) is 30.5 Å². The third-order valence-corrected chi connectivity index (χ3v) is 4.37. The maximum absolute atomic E-state index is 12.1. The molecule has 1 unspecified atom stereocenters. The van der Waals surface area contributed by atoms with Crippen molar-refractivity contribution in [2.45, 2.75) is 58.5 Å². The number of aryl methyl sites for hydroxylation is 1. The van der Waals surface area contributed by atoms with Crippen LogP contribution in [0.3, 0.4) is 0 Å². The van der Waals surface area contributed by atoms with Gasteiger partial charge in [-0.25, -0.2) is 4.79 Å². The Bertz CT molecular complexity index is 873. The quantitative estimate of drug-likeness (QED) is 0.451. The fraction of sp³-hybridized carbons (Fsp3) is 0.476. The summed E-state index contributed by atoms with van der Waals surface area (Å²) < 4.78 is 11.0. The Balaban J connectivity index is 1.91. The second-order valence-electron chi connectivity index (χ2n) is 6.75. The van der Waals surface area contributed by atoms with Crippen LogP contribution in [0.2, 0.25) is 0 Å². The highest BCUT2D eigenvalue weighted by atomic mass is 16.5. The lowest BCUT2D eigenvalue weighted by atomic mass is 10.1. The van der Waals surface area contributed by atoms with Crippen LogP contribution in [-0.4, -0.2) is 29.6 Å². The Morgan fingerprint density at radius 1 is 1.21 bits per heavy atom. The average Bonchev–Trinajstić information content (AvgIpc) is 2.63. The van der Waals surface area contributed by atoms with E-state index in [4.69, 9.17) is 14.3 Å². The molecule has 7 nitrogen and oxygen atoms in total. The second-order valence-corrected chi connectivity index (χ2v) is 6.75. The zero-order chi connectivity index (χ0) is 20.5. The first-order chi connectivity index (χ1) is 13.4. The van der Waals surface area contributed by atoms with Gasteiger partial charge in [-0.3, -0.25) is 9.59 Å². The van der Waals surface area contributed by atoms with Crippen molar-refractivity contribution in [2.24, 2.45) is 0 Å². The minimum absolute atomic E-state index is 0.144. The number of rotatable bonds is 11. The van der Waals surface area contributed by atoms with E-state index in [2.05, 4.69) is 5.32 Å². The van der Waals surface area contributed by atoms with Gasteiger partial charge in [0.05, 0.1) is 0 Å². The first kappa shape index (κ1) is 21.5. The Labute approximate surface area is 163 Å². The van der Waals surface area contributed by atoms with Gasteiger partial charge in [-0.2, -0.15) is 0 Å². The molecule has 0 spiro atoms. The normalized spacial score (nSPS) is 11.9. The average molecular weight is 389 g/mol. The Kier molecular flexibility index (Phi) is 8.04. The smallest absolute Gasteiger partial charge is 0.336 e. The van der Waals surface area contributed by atoms with Gasteiger partial charge in [-0.05, 0) is 43.9 Å². The zero-order valence-electron chi connectivity index (χ0n) is 16.3. The molecule has 0 saturated carbocycles. The Hall–Kier alpha value is -2.83. The summed E-state index contributed by atoms with van der Waals surface area (Å²) in [5, 5.41) is 12.2. The number of unbranched alkanes of at least 4 members (excludes halogenated alkanes) is 2. The van der Waals surface area contributed by atoms with E-state index in [1.807, 2.05) is 13.0 Å². The number of aliphatic carboxylic acids is 1. The maximum Gasteiger partial charge on any atom is 0.336 e. The number of carbonyl (C=O) groups excluding carboxylic acids is 1. The lowest BCUT2D eigenvalue weighted by molar-refractivity contribution is -0.137. The number of hydrogen-bond donors (Lipinski definition) is 2. The molecule has 28 heavy (non-hydrogen) atoms. The van der Waals surface area contributed by atoms with E-state index in [0.29, 0.717) is 30.7 Å². The molecule has 0 saturated heterocycles. The molecule has 152 valence electrons. The highest BCUT2D eigenvalue weighted by Crippen LogP contribution is 2.24. The summed E-state index contributed by atoms with van der Waals surface area (Å²) in [6.45, 7) is 4.16. The number of benzene rings is 1. The molecule has 0 radical (unpaired) electrons. The third kappa shape index (κ3) is 6.40. The van der Waals surface area contributed by atoms with Gasteiger partial charge in [0.15, 0.2) is 6.10 Å². The predicted molar refractivity (Wildman–Crippen MR) is 106 cm³/mol. The fourth-order valence-corrected chi connectivity index (χ4v) is 2.95. The number of amides is 1. The molecule has 0 fully saturated rings. The molecule has 2 rings (SSSR count). The Morgan fingerprint density at radius 3 is 2.71 bits per heavy atom. The van der Waals surface area contributed by atoms with Crippen LogP contribution in [-0.2, 0) is 16.0 Å². The lowest BCUT2D eigenvalue weighted by Crippen LogP contribution is -2.36. The number of fused-ring (bicyclic) bond motifs is 1. The second kappa shape index (κ2) is 10.5. The number of carboxylic acid groups (broad SMARTS) is 1. The van der Waals surface area contributed by atoms with Crippen LogP contribution in [0, 0.1) is 0 Å². The van der Waals surface area contributed by atoms with E-state index in [1.165, 1.54) is 6.07 Å². The molecule has 0 aliphatic heterocycles. The van der Waals surface area contributed by atoms with Gasteiger partial charge in [-0.15, -0.1) is 0 Å². The number of hydrogen-bond acceptors (Lipinski definition) is 5. The van der Waals surface area contributed by atoms with E-state index < -0.39 is 17.7 Å². The fourth-order valence-electron chi connectivity index (χ4n) is 2.95. The van der Waals surface area contributed by atoms with Crippen molar-refractivity contribution in [1.29, 1.82) is 0 Å². The molecule has 1 atom stereocenters. The lowest BCUT2D eigenvalue weighted by Gasteiger charge is -2.15. The summed E-state index contributed by atoms with van der Waals surface area (Å²) in [7, 11) is 0. The molecule has 0 aliphatic rings. The van der Waals surface area contributed by atoms with Crippen LogP contribution in [0.1, 0.15) is 51.5 Å². The monoisotopic (exact) mass is 389 g/mol. The molecule has 1 aromatic heterocycles. The number of carboxylic acids is 1. The summed E-state index contributed by atoms with van der Waals surface area (Å²) in [6, 6.07) is 6.74. The molecule has 2 N–H and O–H groups in total. The summed E-state index contributed by atoms with van der Waals surface area (Å²) >= 11 is 0. The summed E-state index contributed by atoms with van der Waals surface area (Å²) in [6.07, 6.45) is 3.20. The predicted octanol–water partition coefficient (Wildman–Crippen LogP) is 3.27.